The summed E-state index contributed by atoms with van der Waals surface area (Å²) in [5, 5.41) is 18.1. The van der Waals surface area contributed by atoms with Crippen molar-refractivity contribution in [2.75, 3.05) is 40.9 Å². The number of aliphatic hydroxyl groups is 1. The third kappa shape index (κ3) is 19.4. The fraction of sp³-hybridized carbons (Fsp3) is 0.593. The van der Waals surface area contributed by atoms with Crippen LogP contribution >= 0.6 is 0 Å². The van der Waals surface area contributed by atoms with Crippen LogP contribution in [0, 0.1) is 0 Å². The van der Waals surface area contributed by atoms with E-state index in [1.807, 2.05) is 85.2 Å². The lowest BCUT2D eigenvalue weighted by molar-refractivity contribution is 0.112. The zero-order valence-corrected chi connectivity index (χ0v) is 22.1. The van der Waals surface area contributed by atoms with Gasteiger partial charge in [-0.1, -0.05) is 64.1 Å². The Balaban J connectivity index is 0. The lowest BCUT2D eigenvalue weighted by atomic mass is 10.1. The Labute approximate surface area is 203 Å². The van der Waals surface area contributed by atoms with E-state index >= 15 is 0 Å². The van der Waals surface area contributed by atoms with Crippen molar-refractivity contribution in [3.05, 3.63) is 66.0 Å². The molecular formula is C27H50N4O2. The smallest absolute Gasteiger partial charge is 0.0700 e. The Kier molecular flexibility index (Phi) is 26.7. The number of benzene rings is 1. The average Bonchev–Trinajstić information content (AvgIpc) is 3.41. The van der Waals surface area contributed by atoms with Crippen molar-refractivity contribution in [2.24, 2.45) is 0 Å². The molecule has 1 aliphatic rings. The van der Waals surface area contributed by atoms with Crippen LogP contribution in [0.5, 0.6) is 0 Å². The number of aromatic nitrogens is 1. The summed E-state index contributed by atoms with van der Waals surface area (Å²) in [6.45, 7) is 11.0. The molecule has 1 aromatic carbocycles. The average molecular weight is 463 g/mol. The number of nitrogens with one attached hydrogen (secondary N) is 3. The summed E-state index contributed by atoms with van der Waals surface area (Å²) in [7, 11) is 5.74. The van der Waals surface area contributed by atoms with Crippen molar-refractivity contribution in [3.63, 3.8) is 0 Å². The molecule has 190 valence electrons. The van der Waals surface area contributed by atoms with Crippen LogP contribution < -0.4 is 16.0 Å². The molecule has 0 saturated carbocycles. The molecule has 0 bridgehead atoms. The normalized spacial score (nSPS) is 14.6. The van der Waals surface area contributed by atoms with Gasteiger partial charge in [0.2, 0.25) is 0 Å². The van der Waals surface area contributed by atoms with Crippen molar-refractivity contribution in [2.45, 2.75) is 65.6 Å². The highest BCUT2D eigenvalue weighted by Gasteiger charge is 2.13. The van der Waals surface area contributed by atoms with Gasteiger partial charge in [-0.15, -0.1) is 0 Å². The Bertz CT molecular complexity index is 590. The van der Waals surface area contributed by atoms with E-state index in [4.69, 9.17) is 9.84 Å². The zero-order valence-electron chi connectivity index (χ0n) is 22.1. The largest absolute Gasteiger partial charge is 0.395 e. The first-order valence-electron chi connectivity index (χ1n) is 12.4. The predicted molar refractivity (Wildman–Crippen MR) is 143 cm³/mol. The molecule has 2 unspecified atom stereocenters. The number of ether oxygens (including phenoxy) is 1. The molecule has 2 heterocycles. The standard InChI is InChI=1S/C10H15NO.C7H10N2.C6H13NO.2C2H6/c1-11-10(8-12)7-9-5-3-2-4-6-9;1-8-6-7-4-2-3-5-9-7;1-7-5-6-3-2-4-8-6;2*1-2/h2-6,10-12H,7-8H2,1H3;2-5,8H,6H2,1H3;6-7H,2-5H2,1H3;2*1-2H3. The summed E-state index contributed by atoms with van der Waals surface area (Å²) in [4.78, 5) is 4.11. The van der Waals surface area contributed by atoms with Crippen molar-refractivity contribution in [1.82, 2.24) is 20.9 Å². The summed E-state index contributed by atoms with van der Waals surface area (Å²) >= 11 is 0. The van der Waals surface area contributed by atoms with Crippen LogP contribution in [0.25, 0.3) is 0 Å². The van der Waals surface area contributed by atoms with E-state index in [9.17, 15) is 0 Å². The number of hydrogen-bond acceptors (Lipinski definition) is 6. The van der Waals surface area contributed by atoms with Gasteiger partial charge in [0.25, 0.3) is 0 Å². The van der Waals surface area contributed by atoms with Gasteiger partial charge in [-0.25, -0.2) is 0 Å². The number of pyridine rings is 1. The zero-order chi connectivity index (χ0) is 25.2. The monoisotopic (exact) mass is 462 g/mol. The molecule has 0 radical (unpaired) electrons. The van der Waals surface area contributed by atoms with Gasteiger partial charge in [0, 0.05) is 31.9 Å². The number of hydrogen-bond donors (Lipinski definition) is 4. The molecule has 6 heteroatoms. The molecule has 0 amide bonds. The summed E-state index contributed by atoms with van der Waals surface area (Å²) in [5.74, 6) is 0. The molecule has 1 fully saturated rings. The summed E-state index contributed by atoms with van der Waals surface area (Å²) in [6, 6.07) is 16.2. The maximum Gasteiger partial charge on any atom is 0.0700 e. The minimum Gasteiger partial charge on any atom is -0.395 e. The second-order valence-electron chi connectivity index (χ2n) is 6.90. The highest BCUT2D eigenvalue weighted by atomic mass is 16.5. The summed E-state index contributed by atoms with van der Waals surface area (Å²) in [5.41, 5.74) is 2.34. The van der Waals surface area contributed by atoms with E-state index in [0.717, 1.165) is 31.8 Å². The van der Waals surface area contributed by atoms with Crippen molar-refractivity contribution < 1.29 is 9.84 Å². The molecule has 0 aliphatic carbocycles. The molecule has 33 heavy (non-hydrogen) atoms. The predicted octanol–water partition coefficient (Wildman–Crippen LogP) is 4.05. The van der Waals surface area contributed by atoms with E-state index in [2.05, 4.69) is 33.1 Å². The maximum absolute atomic E-state index is 8.92. The van der Waals surface area contributed by atoms with Crippen molar-refractivity contribution in [1.29, 1.82) is 0 Å². The maximum atomic E-state index is 8.92. The number of rotatable bonds is 8. The molecule has 2 aromatic rings. The molecule has 4 N–H and O–H groups in total. The first-order chi connectivity index (χ1) is 16.2. The first kappa shape index (κ1) is 33.3. The first-order valence-corrected chi connectivity index (χ1v) is 12.4. The molecule has 2 atom stereocenters. The van der Waals surface area contributed by atoms with Crippen molar-refractivity contribution in [3.8, 4) is 0 Å². The van der Waals surface area contributed by atoms with Crippen LogP contribution in [-0.2, 0) is 17.7 Å². The summed E-state index contributed by atoms with van der Waals surface area (Å²) in [6.07, 6.45) is 5.66. The number of nitrogens with zero attached hydrogens (tertiary/aromatic N) is 1. The van der Waals surface area contributed by atoms with Gasteiger partial charge in [-0.3, -0.25) is 4.98 Å². The molecule has 3 rings (SSSR count). The van der Waals surface area contributed by atoms with E-state index in [-0.39, 0.29) is 12.6 Å². The van der Waals surface area contributed by atoms with Gasteiger partial charge in [-0.2, -0.15) is 0 Å². The van der Waals surface area contributed by atoms with Gasteiger partial charge < -0.3 is 25.8 Å². The Hall–Kier alpha value is -1.83. The molecule has 1 aromatic heterocycles. The van der Waals surface area contributed by atoms with E-state index in [0.29, 0.717) is 6.10 Å². The fourth-order valence-electron chi connectivity index (χ4n) is 2.87. The summed E-state index contributed by atoms with van der Waals surface area (Å²) < 4.78 is 5.33. The Morgan fingerprint density at radius 1 is 0.970 bits per heavy atom. The van der Waals surface area contributed by atoms with E-state index in [1.165, 1.54) is 18.4 Å². The second kappa shape index (κ2) is 26.4. The van der Waals surface area contributed by atoms with Crippen LogP contribution in [0.15, 0.2) is 54.7 Å². The van der Waals surface area contributed by atoms with E-state index < -0.39 is 0 Å². The Morgan fingerprint density at radius 2 is 1.64 bits per heavy atom. The molecule has 0 spiro atoms. The van der Waals surface area contributed by atoms with Crippen LogP contribution in [0.1, 0.15) is 51.8 Å². The van der Waals surface area contributed by atoms with Gasteiger partial charge in [0.15, 0.2) is 0 Å². The minimum absolute atomic E-state index is 0.174. The van der Waals surface area contributed by atoms with Crippen molar-refractivity contribution >= 4 is 0 Å². The SMILES string of the molecule is CC.CC.CNC(CO)Cc1ccccc1.CNCC1CCCO1.CNCc1ccccn1. The van der Waals surface area contributed by atoms with Gasteiger partial charge in [0.1, 0.15) is 0 Å². The molecule has 6 nitrogen and oxygen atoms in total. The lowest BCUT2D eigenvalue weighted by Crippen LogP contribution is -2.31. The lowest BCUT2D eigenvalue weighted by Gasteiger charge is -2.12. The second-order valence-corrected chi connectivity index (χ2v) is 6.90. The highest BCUT2D eigenvalue weighted by Crippen LogP contribution is 2.09. The molecular weight excluding hydrogens is 412 g/mol. The fourth-order valence-corrected chi connectivity index (χ4v) is 2.87. The van der Waals surface area contributed by atoms with Crippen LogP contribution in [0.2, 0.25) is 0 Å². The minimum atomic E-state index is 0.174. The Morgan fingerprint density at radius 3 is 2.09 bits per heavy atom. The topological polar surface area (TPSA) is 78.4 Å². The van der Waals surface area contributed by atoms with Gasteiger partial charge >= 0.3 is 0 Å². The van der Waals surface area contributed by atoms with Crippen LogP contribution in [0.4, 0.5) is 0 Å². The van der Waals surface area contributed by atoms with Gasteiger partial charge in [0.05, 0.1) is 18.4 Å². The number of likely N-dealkylation sites (N-methyl/N-ethyl adjacent to an activating group) is 2. The van der Waals surface area contributed by atoms with Gasteiger partial charge in [-0.05, 0) is 58.1 Å². The third-order valence-corrected chi connectivity index (χ3v) is 4.49. The number of aliphatic hydroxyl groups excluding tert-OH is 1. The quantitative estimate of drug-likeness (QED) is 0.474. The highest BCUT2D eigenvalue weighted by molar-refractivity contribution is 5.15. The third-order valence-electron chi connectivity index (χ3n) is 4.49. The molecule has 1 saturated heterocycles. The van der Waals surface area contributed by atoms with Crippen LogP contribution in [0.3, 0.4) is 0 Å². The molecule has 1 aliphatic heterocycles. The van der Waals surface area contributed by atoms with Crippen LogP contribution in [-0.4, -0.2) is 63.1 Å². The van der Waals surface area contributed by atoms with E-state index in [1.54, 1.807) is 6.20 Å².